The van der Waals surface area contributed by atoms with E-state index in [1.54, 1.807) is 6.07 Å². The number of hydrogen-bond acceptors (Lipinski definition) is 3. The van der Waals surface area contributed by atoms with Crippen LogP contribution in [0.4, 0.5) is 0 Å². The van der Waals surface area contributed by atoms with Crippen LogP contribution in [0.5, 0.6) is 5.75 Å². The molecule has 86 valence electrons. The number of fused-ring (bicyclic) bond motifs is 1. The van der Waals surface area contributed by atoms with Crippen molar-refractivity contribution in [1.29, 1.82) is 0 Å². The largest absolute Gasteiger partial charge is 0.493 e. The Balaban J connectivity index is 2.30. The molecule has 0 amide bonds. The first-order chi connectivity index (χ1) is 7.58. The predicted molar refractivity (Wildman–Crippen MR) is 61.0 cm³/mol. The Morgan fingerprint density at radius 3 is 3.06 bits per heavy atom. The number of rotatable bonds is 3. The van der Waals surface area contributed by atoms with Crippen LogP contribution in [-0.4, -0.2) is 23.6 Å². The number of halogens is 1. The Morgan fingerprint density at radius 1 is 1.62 bits per heavy atom. The minimum absolute atomic E-state index is 0.167. The SMILES string of the molecule is CC(O)C(=O)Cc1cc(Cl)cc2c1OCC2. The van der Waals surface area contributed by atoms with Gasteiger partial charge in [0.15, 0.2) is 5.78 Å². The van der Waals surface area contributed by atoms with Gasteiger partial charge in [-0.25, -0.2) is 0 Å². The Hall–Kier alpha value is -1.06. The van der Waals surface area contributed by atoms with Gasteiger partial charge in [-0.2, -0.15) is 0 Å². The lowest BCUT2D eigenvalue weighted by Crippen LogP contribution is -2.18. The van der Waals surface area contributed by atoms with Crippen molar-refractivity contribution < 1.29 is 14.6 Å². The molecule has 16 heavy (non-hydrogen) atoms. The molecular weight excluding hydrogens is 228 g/mol. The Bertz CT molecular complexity index is 427. The molecule has 4 heteroatoms. The minimum atomic E-state index is -0.948. The van der Waals surface area contributed by atoms with E-state index in [1.807, 2.05) is 6.07 Å². The van der Waals surface area contributed by atoms with Crippen LogP contribution < -0.4 is 4.74 Å². The summed E-state index contributed by atoms with van der Waals surface area (Å²) in [6.45, 7) is 2.10. The summed E-state index contributed by atoms with van der Waals surface area (Å²) in [6, 6.07) is 3.59. The number of aliphatic hydroxyl groups is 1. The lowest BCUT2D eigenvalue weighted by molar-refractivity contribution is -0.125. The van der Waals surface area contributed by atoms with Crippen molar-refractivity contribution >= 4 is 17.4 Å². The molecule has 0 fully saturated rings. The molecule has 0 saturated heterocycles. The highest BCUT2D eigenvalue weighted by atomic mass is 35.5. The Kier molecular flexibility index (Phi) is 3.17. The monoisotopic (exact) mass is 240 g/mol. The fourth-order valence-electron chi connectivity index (χ4n) is 1.81. The van der Waals surface area contributed by atoms with Crippen LogP contribution >= 0.6 is 11.6 Å². The second-order valence-corrected chi connectivity index (χ2v) is 4.41. The average molecular weight is 241 g/mol. The van der Waals surface area contributed by atoms with E-state index in [2.05, 4.69) is 0 Å². The highest BCUT2D eigenvalue weighted by Crippen LogP contribution is 2.33. The third-order valence-corrected chi connectivity index (χ3v) is 2.87. The van der Waals surface area contributed by atoms with Gasteiger partial charge in [0, 0.05) is 23.4 Å². The number of carbonyl (C=O) groups is 1. The van der Waals surface area contributed by atoms with Crippen molar-refractivity contribution in [2.75, 3.05) is 6.61 Å². The first-order valence-electron chi connectivity index (χ1n) is 5.23. The van der Waals surface area contributed by atoms with E-state index in [-0.39, 0.29) is 12.2 Å². The molecule has 1 aliphatic rings. The van der Waals surface area contributed by atoms with E-state index in [0.717, 1.165) is 23.3 Å². The lowest BCUT2D eigenvalue weighted by atomic mass is 10.0. The third-order valence-electron chi connectivity index (χ3n) is 2.66. The van der Waals surface area contributed by atoms with Gasteiger partial charge in [0.2, 0.25) is 0 Å². The van der Waals surface area contributed by atoms with Crippen molar-refractivity contribution in [3.63, 3.8) is 0 Å². The quantitative estimate of drug-likeness (QED) is 0.876. The van der Waals surface area contributed by atoms with Crippen LogP contribution in [-0.2, 0) is 17.6 Å². The summed E-state index contributed by atoms with van der Waals surface area (Å²) in [6.07, 6.45) is 0.0443. The maximum atomic E-state index is 11.5. The summed E-state index contributed by atoms with van der Waals surface area (Å²) in [5.41, 5.74) is 1.81. The topological polar surface area (TPSA) is 46.5 Å². The second-order valence-electron chi connectivity index (χ2n) is 3.97. The van der Waals surface area contributed by atoms with Crippen LogP contribution in [0.1, 0.15) is 18.1 Å². The van der Waals surface area contributed by atoms with Crippen molar-refractivity contribution in [3.05, 3.63) is 28.3 Å². The number of benzene rings is 1. The number of hydrogen-bond donors (Lipinski definition) is 1. The first-order valence-corrected chi connectivity index (χ1v) is 5.60. The molecule has 1 aromatic carbocycles. The molecule has 1 atom stereocenters. The third kappa shape index (κ3) is 2.20. The van der Waals surface area contributed by atoms with E-state index >= 15 is 0 Å². The molecule has 0 aliphatic carbocycles. The van der Waals surface area contributed by atoms with E-state index in [1.165, 1.54) is 6.92 Å². The van der Waals surface area contributed by atoms with Gasteiger partial charge >= 0.3 is 0 Å². The van der Waals surface area contributed by atoms with Crippen LogP contribution in [0.3, 0.4) is 0 Å². The molecule has 1 N–H and O–H groups in total. The van der Waals surface area contributed by atoms with Crippen molar-refractivity contribution in [2.45, 2.75) is 25.9 Å². The first kappa shape index (κ1) is 11.4. The molecule has 0 bridgehead atoms. The van der Waals surface area contributed by atoms with E-state index < -0.39 is 6.10 Å². The van der Waals surface area contributed by atoms with Gasteiger partial charge < -0.3 is 9.84 Å². The number of carbonyl (C=O) groups excluding carboxylic acids is 1. The molecule has 1 aliphatic heterocycles. The zero-order valence-electron chi connectivity index (χ0n) is 9.00. The van der Waals surface area contributed by atoms with Gasteiger partial charge in [-0.3, -0.25) is 4.79 Å². The minimum Gasteiger partial charge on any atom is -0.493 e. The second kappa shape index (κ2) is 4.44. The molecule has 1 aromatic rings. The maximum Gasteiger partial charge on any atom is 0.165 e. The number of ketones is 1. The standard InChI is InChI=1S/C12H13ClO3/c1-7(14)11(15)6-9-5-10(13)4-8-2-3-16-12(8)9/h4-5,7,14H,2-3,6H2,1H3. The molecule has 1 unspecified atom stereocenters. The molecule has 3 nitrogen and oxygen atoms in total. The molecule has 0 aromatic heterocycles. The fraction of sp³-hybridized carbons (Fsp3) is 0.417. The van der Waals surface area contributed by atoms with Crippen LogP contribution in [0.15, 0.2) is 12.1 Å². The average Bonchev–Trinajstić information content (AvgIpc) is 2.65. The summed E-state index contributed by atoms with van der Waals surface area (Å²) in [4.78, 5) is 11.5. The van der Waals surface area contributed by atoms with E-state index in [4.69, 9.17) is 16.3 Å². The Labute approximate surface area is 99.0 Å². The maximum absolute atomic E-state index is 11.5. The summed E-state index contributed by atoms with van der Waals surface area (Å²) < 4.78 is 5.47. The molecule has 1 heterocycles. The smallest absolute Gasteiger partial charge is 0.165 e. The van der Waals surface area contributed by atoms with E-state index in [9.17, 15) is 9.90 Å². The zero-order valence-corrected chi connectivity index (χ0v) is 9.75. The number of aliphatic hydroxyl groups excluding tert-OH is 1. The van der Waals surface area contributed by atoms with Gasteiger partial charge in [-0.1, -0.05) is 11.6 Å². The van der Waals surface area contributed by atoms with Gasteiger partial charge in [0.1, 0.15) is 11.9 Å². The van der Waals surface area contributed by atoms with Crippen molar-refractivity contribution in [3.8, 4) is 5.75 Å². The van der Waals surface area contributed by atoms with Gasteiger partial charge in [0.25, 0.3) is 0 Å². The molecule has 2 rings (SSSR count). The molecule has 0 radical (unpaired) electrons. The summed E-state index contributed by atoms with van der Waals surface area (Å²) in [7, 11) is 0. The van der Waals surface area contributed by atoms with Crippen molar-refractivity contribution in [1.82, 2.24) is 0 Å². The normalized spacial score (nSPS) is 15.4. The highest BCUT2D eigenvalue weighted by Gasteiger charge is 2.20. The highest BCUT2D eigenvalue weighted by molar-refractivity contribution is 6.30. The zero-order chi connectivity index (χ0) is 11.7. The van der Waals surface area contributed by atoms with E-state index in [0.29, 0.717) is 11.6 Å². The molecule has 0 spiro atoms. The summed E-state index contributed by atoms with van der Waals surface area (Å²) >= 11 is 5.96. The molecular formula is C12H13ClO3. The Morgan fingerprint density at radius 2 is 2.38 bits per heavy atom. The van der Waals surface area contributed by atoms with Gasteiger partial charge in [-0.15, -0.1) is 0 Å². The lowest BCUT2D eigenvalue weighted by Gasteiger charge is -2.09. The van der Waals surface area contributed by atoms with Crippen LogP contribution in [0, 0.1) is 0 Å². The van der Waals surface area contributed by atoms with Crippen LogP contribution in [0.25, 0.3) is 0 Å². The summed E-state index contributed by atoms with van der Waals surface area (Å²) in [5, 5.41) is 9.79. The fourth-order valence-corrected chi connectivity index (χ4v) is 2.08. The van der Waals surface area contributed by atoms with Gasteiger partial charge in [0.05, 0.1) is 6.61 Å². The summed E-state index contributed by atoms with van der Waals surface area (Å²) in [5.74, 6) is 0.540. The molecule has 0 saturated carbocycles. The predicted octanol–water partition coefficient (Wildman–Crippen LogP) is 1.77. The van der Waals surface area contributed by atoms with Gasteiger partial charge in [-0.05, 0) is 24.6 Å². The van der Waals surface area contributed by atoms with Crippen LogP contribution in [0.2, 0.25) is 5.02 Å². The number of Topliss-reactive ketones (excluding diaryl/α,β-unsaturated/α-hetero) is 1. The number of ether oxygens (including phenoxy) is 1. The van der Waals surface area contributed by atoms with Crippen molar-refractivity contribution in [2.24, 2.45) is 0 Å².